The normalized spacial score (nSPS) is 10.3. The van der Waals surface area contributed by atoms with Gasteiger partial charge in [0, 0.05) is 0 Å². The molecule has 0 unspecified atom stereocenters. The van der Waals surface area contributed by atoms with Crippen molar-refractivity contribution in [2.45, 2.75) is 0 Å². The zero-order valence-electron chi connectivity index (χ0n) is 5.70. The van der Waals surface area contributed by atoms with E-state index in [9.17, 15) is 4.79 Å². The van der Waals surface area contributed by atoms with Gasteiger partial charge in [-0.3, -0.25) is 9.79 Å². The van der Waals surface area contributed by atoms with Crippen molar-refractivity contribution in [1.82, 2.24) is 0 Å². The summed E-state index contributed by atoms with van der Waals surface area (Å²) >= 11 is 5.04. The van der Waals surface area contributed by atoms with Gasteiger partial charge in [0.2, 0.25) is 0 Å². The number of halogens is 1. The minimum Gasteiger partial charge on any atom is -0.275 e. The van der Waals surface area contributed by atoms with Gasteiger partial charge in [-0.25, -0.2) is 0 Å². The van der Waals surface area contributed by atoms with Crippen LogP contribution in [0.1, 0.15) is 0 Å². The molecule has 0 atom stereocenters. The van der Waals surface area contributed by atoms with Gasteiger partial charge in [-0.2, -0.15) is 0 Å². The Kier molecular flexibility index (Phi) is 2.81. The molecule has 1 aromatic carbocycles. The number of hydrogen-bond donors (Lipinski definition) is 0. The maximum Gasteiger partial charge on any atom is 0.263 e. The average molecular weight is 168 g/mol. The number of carbonyl (C=O) groups excluding carboxylic acids is 1. The highest BCUT2D eigenvalue weighted by Crippen LogP contribution is 2.08. The quantitative estimate of drug-likeness (QED) is 0.490. The number of benzene rings is 1. The first kappa shape index (κ1) is 7.95. The van der Waals surface area contributed by atoms with E-state index in [1.807, 2.05) is 18.2 Å². The van der Waals surface area contributed by atoms with E-state index in [-0.39, 0.29) is 0 Å². The van der Waals surface area contributed by atoms with Crippen LogP contribution in [0.3, 0.4) is 0 Å². The summed E-state index contributed by atoms with van der Waals surface area (Å²) in [5.41, 5.74) is 0.724. The molecule has 56 valence electrons. The molecule has 0 fully saturated rings. The smallest absolute Gasteiger partial charge is 0.263 e. The molecule has 0 radical (unpaired) electrons. The summed E-state index contributed by atoms with van der Waals surface area (Å²) in [5.74, 6) is 0. The Balaban J connectivity index is 2.72. The number of aliphatic imine (C=N–C) groups is 1. The Hall–Kier alpha value is -1.15. The van der Waals surface area contributed by atoms with Crippen molar-refractivity contribution in [3.63, 3.8) is 0 Å². The number of nitrogens with zero attached hydrogens (tertiary/aromatic N) is 1. The van der Waals surface area contributed by atoms with Crippen molar-refractivity contribution < 1.29 is 4.79 Å². The molecule has 0 spiro atoms. The van der Waals surface area contributed by atoms with E-state index in [0.29, 0.717) is 0 Å². The molecule has 0 amide bonds. The second-order valence-corrected chi connectivity index (χ2v) is 2.27. The maximum absolute atomic E-state index is 10.2. The minimum atomic E-state index is -0.561. The number of carbonyl (C=O) groups is 1. The van der Waals surface area contributed by atoms with Gasteiger partial charge >= 0.3 is 0 Å². The van der Waals surface area contributed by atoms with Crippen LogP contribution < -0.4 is 0 Å². The van der Waals surface area contributed by atoms with Gasteiger partial charge in [-0.1, -0.05) is 18.2 Å². The highest BCUT2D eigenvalue weighted by Gasteiger charge is 1.87. The lowest BCUT2D eigenvalue weighted by Crippen LogP contribution is -1.83. The molecule has 1 rings (SSSR count). The van der Waals surface area contributed by atoms with E-state index < -0.39 is 5.24 Å². The van der Waals surface area contributed by atoms with Gasteiger partial charge in [-0.05, 0) is 23.7 Å². The fraction of sp³-hybridized carbons (Fsp3) is 0. The largest absolute Gasteiger partial charge is 0.275 e. The molecule has 0 heterocycles. The van der Waals surface area contributed by atoms with Crippen molar-refractivity contribution in [2.75, 3.05) is 0 Å². The maximum atomic E-state index is 10.2. The number of hydrogen-bond acceptors (Lipinski definition) is 2. The molecular weight excluding hydrogens is 162 g/mol. The molecule has 0 aliphatic carbocycles. The Morgan fingerprint density at radius 1 is 1.36 bits per heavy atom. The summed E-state index contributed by atoms with van der Waals surface area (Å²) in [5, 5.41) is -0.561. The first-order valence-electron chi connectivity index (χ1n) is 3.07. The van der Waals surface area contributed by atoms with Gasteiger partial charge < -0.3 is 0 Å². The lowest BCUT2D eigenvalue weighted by Gasteiger charge is -1.87. The third-order valence-electron chi connectivity index (χ3n) is 1.07. The Bertz CT molecular complexity index is 269. The fourth-order valence-corrected chi connectivity index (χ4v) is 0.688. The molecule has 1 aromatic rings. The van der Waals surface area contributed by atoms with Crippen LogP contribution in [0.15, 0.2) is 35.3 Å². The SMILES string of the molecule is O=C(Cl)C=Nc1ccccc1. The van der Waals surface area contributed by atoms with Crippen molar-refractivity contribution in [3.8, 4) is 0 Å². The Morgan fingerprint density at radius 3 is 2.55 bits per heavy atom. The predicted molar refractivity (Wildman–Crippen MR) is 45.5 cm³/mol. The molecule has 3 heteroatoms. The molecular formula is C8H6ClNO. The van der Waals surface area contributed by atoms with E-state index >= 15 is 0 Å². The van der Waals surface area contributed by atoms with Crippen LogP contribution in [0, 0.1) is 0 Å². The molecule has 2 nitrogen and oxygen atoms in total. The Morgan fingerprint density at radius 2 is 2.00 bits per heavy atom. The molecule has 0 aliphatic rings. The van der Waals surface area contributed by atoms with Crippen molar-refractivity contribution in [2.24, 2.45) is 4.99 Å². The summed E-state index contributed by atoms with van der Waals surface area (Å²) in [6.45, 7) is 0. The lowest BCUT2D eigenvalue weighted by molar-refractivity contribution is -0.105. The fourth-order valence-electron chi connectivity index (χ4n) is 0.639. The monoisotopic (exact) mass is 167 g/mol. The van der Waals surface area contributed by atoms with Crippen molar-refractivity contribution in [1.29, 1.82) is 0 Å². The standard InChI is InChI=1S/C8H6ClNO/c9-8(11)6-10-7-4-2-1-3-5-7/h1-6H. The van der Waals surface area contributed by atoms with Gasteiger partial charge in [0.05, 0.1) is 11.9 Å². The summed E-state index contributed by atoms with van der Waals surface area (Å²) in [7, 11) is 0. The zero-order valence-corrected chi connectivity index (χ0v) is 6.45. The summed E-state index contributed by atoms with van der Waals surface area (Å²) in [6.07, 6.45) is 1.08. The van der Waals surface area contributed by atoms with E-state index in [0.717, 1.165) is 11.9 Å². The average Bonchev–Trinajstić information content (AvgIpc) is 2.03. The summed E-state index contributed by atoms with van der Waals surface area (Å²) < 4.78 is 0. The van der Waals surface area contributed by atoms with Gasteiger partial charge in [0.1, 0.15) is 0 Å². The molecule has 0 aromatic heterocycles. The second kappa shape index (κ2) is 3.88. The number of para-hydroxylation sites is 1. The first-order valence-corrected chi connectivity index (χ1v) is 3.45. The predicted octanol–water partition coefficient (Wildman–Crippen LogP) is 2.15. The topological polar surface area (TPSA) is 29.4 Å². The summed E-state index contributed by atoms with van der Waals surface area (Å²) in [6, 6.07) is 9.13. The van der Waals surface area contributed by atoms with E-state index in [1.165, 1.54) is 0 Å². The molecule has 11 heavy (non-hydrogen) atoms. The van der Waals surface area contributed by atoms with Gasteiger partial charge in [-0.15, -0.1) is 0 Å². The van der Waals surface area contributed by atoms with Crippen LogP contribution in [-0.4, -0.2) is 11.5 Å². The number of rotatable bonds is 2. The van der Waals surface area contributed by atoms with E-state index in [4.69, 9.17) is 11.6 Å². The third kappa shape index (κ3) is 2.96. The Labute approximate surface area is 69.5 Å². The zero-order chi connectivity index (χ0) is 8.10. The highest BCUT2D eigenvalue weighted by molar-refractivity contribution is 6.78. The van der Waals surface area contributed by atoms with Crippen LogP contribution in [0.25, 0.3) is 0 Å². The van der Waals surface area contributed by atoms with Crippen LogP contribution in [-0.2, 0) is 4.79 Å². The highest BCUT2D eigenvalue weighted by atomic mass is 35.5. The van der Waals surface area contributed by atoms with Crippen LogP contribution in [0.5, 0.6) is 0 Å². The van der Waals surface area contributed by atoms with E-state index in [1.54, 1.807) is 12.1 Å². The first-order chi connectivity index (χ1) is 5.29. The van der Waals surface area contributed by atoms with Crippen LogP contribution in [0.2, 0.25) is 0 Å². The van der Waals surface area contributed by atoms with Gasteiger partial charge in [0.25, 0.3) is 5.24 Å². The van der Waals surface area contributed by atoms with Crippen molar-refractivity contribution >= 4 is 28.7 Å². The molecule has 0 saturated carbocycles. The van der Waals surface area contributed by atoms with Gasteiger partial charge in [0.15, 0.2) is 0 Å². The molecule has 0 N–H and O–H groups in total. The van der Waals surface area contributed by atoms with Crippen LogP contribution >= 0.6 is 11.6 Å². The van der Waals surface area contributed by atoms with E-state index in [2.05, 4.69) is 4.99 Å². The van der Waals surface area contributed by atoms with Crippen LogP contribution in [0.4, 0.5) is 5.69 Å². The summed E-state index contributed by atoms with van der Waals surface area (Å²) in [4.78, 5) is 14.0. The lowest BCUT2D eigenvalue weighted by atomic mass is 10.3. The minimum absolute atomic E-state index is 0.561. The molecule has 0 saturated heterocycles. The van der Waals surface area contributed by atoms with Crippen molar-refractivity contribution in [3.05, 3.63) is 30.3 Å². The third-order valence-corrected chi connectivity index (χ3v) is 1.17. The molecule has 0 aliphatic heterocycles. The second-order valence-electron chi connectivity index (χ2n) is 1.90. The molecule has 0 bridgehead atoms.